The minimum atomic E-state index is -0.721. The third-order valence-electron chi connectivity index (χ3n) is 4.91. The predicted molar refractivity (Wildman–Crippen MR) is 110 cm³/mol. The molecule has 28 heavy (non-hydrogen) atoms. The number of thioether (sulfide) groups is 1. The summed E-state index contributed by atoms with van der Waals surface area (Å²) >= 11 is 1.47. The van der Waals surface area contributed by atoms with E-state index in [4.69, 9.17) is 5.73 Å². The van der Waals surface area contributed by atoms with Gasteiger partial charge in [0.05, 0.1) is 22.8 Å². The van der Waals surface area contributed by atoms with Crippen molar-refractivity contribution in [2.24, 2.45) is 10.7 Å². The molecule has 5 nitrogen and oxygen atoms in total. The number of aromatic nitrogens is 2. The summed E-state index contributed by atoms with van der Waals surface area (Å²) in [6.45, 7) is 1.87. The van der Waals surface area contributed by atoms with E-state index in [0.29, 0.717) is 33.9 Å². The number of rotatable bonds is 4. The quantitative estimate of drug-likeness (QED) is 0.680. The Bertz CT molecular complexity index is 1100. The Morgan fingerprint density at radius 1 is 1.25 bits per heavy atom. The first-order valence-electron chi connectivity index (χ1n) is 8.97. The fourth-order valence-electron chi connectivity index (χ4n) is 3.34. The average molecular weight is 394 g/mol. The van der Waals surface area contributed by atoms with E-state index in [0.717, 1.165) is 11.3 Å². The topological polar surface area (TPSA) is 81.2 Å². The highest BCUT2D eigenvalue weighted by molar-refractivity contribution is 8.13. The van der Waals surface area contributed by atoms with Crippen LogP contribution in [0.3, 0.4) is 0 Å². The number of hydrogen-bond acceptors (Lipinski definition) is 6. The molecule has 0 unspecified atom stereocenters. The Balaban J connectivity index is 1.63. The second-order valence-electron chi connectivity index (χ2n) is 6.98. The van der Waals surface area contributed by atoms with Crippen LogP contribution in [0.25, 0.3) is 11.0 Å². The molecule has 0 amide bonds. The van der Waals surface area contributed by atoms with Crippen LogP contribution in [0.1, 0.15) is 35.0 Å². The first kappa shape index (κ1) is 18.6. The summed E-state index contributed by atoms with van der Waals surface area (Å²) in [6, 6.07) is 12.1. The number of ketones is 1. The van der Waals surface area contributed by atoms with Crippen molar-refractivity contribution in [3.8, 4) is 0 Å². The number of nitrogens with zero attached hydrogens (tertiary/aromatic N) is 3. The molecule has 0 saturated heterocycles. The highest BCUT2D eigenvalue weighted by Crippen LogP contribution is 2.36. The van der Waals surface area contributed by atoms with Crippen molar-refractivity contribution in [3.05, 3.63) is 71.3 Å². The number of Topliss-reactive ketones (excluding diaryl/α,β-unsaturated/α-hetero) is 1. The number of halogens is 1. The highest BCUT2D eigenvalue weighted by Gasteiger charge is 2.32. The van der Waals surface area contributed by atoms with Crippen LogP contribution in [0, 0.1) is 5.82 Å². The second kappa shape index (κ2) is 7.31. The third-order valence-corrected chi connectivity index (χ3v) is 5.70. The molecule has 1 aliphatic heterocycles. The van der Waals surface area contributed by atoms with Gasteiger partial charge in [-0.25, -0.2) is 9.37 Å². The lowest BCUT2D eigenvalue weighted by molar-refractivity contribution is 0.0988. The van der Waals surface area contributed by atoms with Crippen LogP contribution >= 0.6 is 11.8 Å². The monoisotopic (exact) mass is 394 g/mol. The molecule has 2 N–H and O–H groups in total. The molecule has 4 rings (SSSR count). The van der Waals surface area contributed by atoms with E-state index in [1.165, 1.54) is 24.0 Å². The summed E-state index contributed by atoms with van der Waals surface area (Å²) in [5, 5.41) is 0.459. The van der Waals surface area contributed by atoms with Crippen molar-refractivity contribution in [1.29, 1.82) is 0 Å². The lowest BCUT2D eigenvalue weighted by Crippen LogP contribution is -2.29. The van der Waals surface area contributed by atoms with Crippen LogP contribution in [-0.2, 0) is 12.0 Å². The van der Waals surface area contributed by atoms with Gasteiger partial charge in [0.1, 0.15) is 11.5 Å². The maximum Gasteiger partial charge on any atom is 0.187 e. The molecule has 1 aliphatic rings. The van der Waals surface area contributed by atoms with Crippen molar-refractivity contribution >= 4 is 33.7 Å². The molecule has 2 aromatic carbocycles. The van der Waals surface area contributed by atoms with Crippen LogP contribution in [0.5, 0.6) is 0 Å². The molecule has 0 saturated carbocycles. The lowest BCUT2D eigenvalue weighted by Gasteiger charge is -2.30. The molecule has 0 aliphatic carbocycles. The zero-order valence-corrected chi connectivity index (χ0v) is 16.2. The summed E-state index contributed by atoms with van der Waals surface area (Å²) in [7, 11) is 0. The van der Waals surface area contributed by atoms with Crippen molar-refractivity contribution in [1.82, 2.24) is 9.97 Å². The number of hydrogen-bond donors (Lipinski definition) is 1. The Morgan fingerprint density at radius 3 is 2.82 bits per heavy atom. The maximum atomic E-state index is 14.5. The number of nitrogens with two attached hydrogens (primary N) is 1. The van der Waals surface area contributed by atoms with Crippen LogP contribution in [0.4, 0.5) is 4.39 Å². The first-order chi connectivity index (χ1) is 13.4. The minimum absolute atomic E-state index is 0.115. The van der Waals surface area contributed by atoms with E-state index in [-0.39, 0.29) is 18.0 Å². The summed E-state index contributed by atoms with van der Waals surface area (Å²) in [5.41, 5.74) is 8.02. The van der Waals surface area contributed by atoms with Gasteiger partial charge in [-0.2, -0.15) is 0 Å². The molecule has 1 atom stereocenters. The van der Waals surface area contributed by atoms with E-state index in [9.17, 15) is 9.18 Å². The molecule has 0 fully saturated rings. The number of amidine groups is 1. The average Bonchev–Trinajstić information content (AvgIpc) is 2.68. The van der Waals surface area contributed by atoms with Crippen molar-refractivity contribution < 1.29 is 9.18 Å². The number of benzene rings is 2. The van der Waals surface area contributed by atoms with Gasteiger partial charge in [-0.3, -0.25) is 14.8 Å². The summed E-state index contributed by atoms with van der Waals surface area (Å²) in [4.78, 5) is 25.9. The van der Waals surface area contributed by atoms with E-state index in [1.807, 2.05) is 31.2 Å². The van der Waals surface area contributed by atoms with Gasteiger partial charge < -0.3 is 5.73 Å². The molecular formula is C21H19FN4OS. The summed E-state index contributed by atoms with van der Waals surface area (Å²) < 4.78 is 14.5. The molecule has 2 heterocycles. The Hall–Kier alpha value is -2.80. The standard InChI is InChI=1S/C21H19FN4OS/c1-21(8-9-28-20(23)26-21)14-10-13(6-7-15(14)22)11-19(27)18-12-24-16-4-2-3-5-17(16)25-18/h2-7,10,12H,8-9,11H2,1H3,(H2,23,26)/t21-/m0/s1. The second-order valence-corrected chi connectivity index (χ2v) is 8.10. The fraction of sp³-hybridized carbons (Fsp3) is 0.238. The highest BCUT2D eigenvalue weighted by atomic mass is 32.2. The molecule has 1 aromatic heterocycles. The summed E-state index contributed by atoms with van der Waals surface area (Å²) in [5.74, 6) is 0.275. The smallest absolute Gasteiger partial charge is 0.187 e. The molecular weight excluding hydrogens is 375 g/mol. The number of aliphatic imine (C=N–C) groups is 1. The maximum absolute atomic E-state index is 14.5. The van der Waals surface area contributed by atoms with Gasteiger partial charge in [-0.1, -0.05) is 30.0 Å². The van der Waals surface area contributed by atoms with Crippen LogP contribution in [0.15, 0.2) is 53.7 Å². The number of para-hydroxylation sites is 2. The Morgan fingerprint density at radius 2 is 2.04 bits per heavy atom. The number of fused-ring (bicyclic) bond motifs is 1. The summed E-state index contributed by atoms with van der Waals surface area (Å²) in [6.07, 6.45) is 2.28. The van der Waals surface area contributed by atoms with E-state index in [1.54, 1.807) is 12.1 Å². The van der Waals surface area contributed by atoms with Crippen LogP contribution in [0.2, 0.25) is 0 Å². The molecule has 3 aromatic rings. The van der Waals surface area contributed by atoms with Gasteiger partial charge >= 0.3 is 0 Å². The minimum Gasteiger partial charge on any atom is -0.379 e. The largest absolute Gasteiger partial charge is 0.379 e. The third kappa shape index (κ3) is 3.62. The number of carbonyl (C=O) groups is 1. The zero-order valence-electron chi connectivity index (χ0n) is 15.4. The molecule has 0 radical (unpaired) electrons. The fourth-order valence-corrected chi connectivity index (χ4v) is 4.32. The van der Waals surface area contributed by atoms with Gasteiger partial charge in [0.15, 0.2) is 11.0 Å². The van der Waals surface area contributed by atoms with Gasteiger partial charge in [0.25, 0.3) is 0 Å². The van der Waals surface area contributed by atoms with E-state index in [2.05, 4.69) is 15.0 Å². The number of carbonyl (C=O) groups excluding carboxylic acids is 1. The van der Waals surface area contributed by atoms with Gasteiger partial charge in [-0.05, 0) is 43.2 Å². The molecule has 7 heteroatoms. The van der Waals surface area contributed by atoms with E-state index < -0.39 is 5.54 Å². The van der Waals surface area contributed by atoms with Crippen LogP contribution < -0.4 is 5.73 Å². The zero-order chi connectivity index (χ0) is 19.7. The van der Waals surface area contributed by atoms with Crippen molar-refractivity contribution in [2.45, 2.75) is 25.3 Å². The van der Waals surface area contributed by atoms with Gasteiger partial charge in [-0.15, -0.1) is 0 Å². The van der Waals surface area contributed by atoms with Crippen molar-refractivity contribution in [2.75, 3.05) is 5.75 Å². The van der Waals surface area contributed by atoms with E-state index >= 15 is 0 Å². The molecule has 0 spiro atoms. The van der Waals surface area contributed by atoms with Crippen LogP contribution in [-0.4, -0.2) is 26.7 Å². The first-order valence-corrected chi connectivity index (χ1v) is 9.95. The normalized spacial score (nSPS) is 19.4. The molecule has 0 bridgehead atoms. The van der Waals surface area contributed by atoms with Crippen molar-refractivity contribution in [3.63, 3.8) is 0 Å². The predicted octanol–water partition coefficient (Wildman–Crippen LogP) is 3.86. The Kier molecular flexibility index (Phi) is 4.85. The lowest BCUT2D eigenvalue weighted by atomic mass is 9.87. The molecule has 142 valence electrons. The Labute approximate surface area is 166 Å². The SMILES string of the molecule is C[C@@]1(c2cc(CC(=O)c3cnc4ccccc4n3)ccc2F)CCSC(N)=N1. The van der Waals surface area contributed by atoms with Gasteiger partial charge in [0.2, 0.25) is 0 Å². The van der Waals surface area contributed by atoms with Gasteiger partial charge in [0, 0.05) is 17.7 Å².